The van der Waals surface area contributed by atoms with Gasteiger partial charge in [-0.05, 0) is 18.8 Å². The molecule has 0 bridgehead atoms. The number of allylic oxidation sites excluding steroid dienone is 1. The minimum absolute atomic E-state index is 0.448. The third-order valence-corrected chi connectivity index (χ3v) is 2.19. The van der Waals surface area contributed by atoms with Gasteiger partial charge in [0.25, 0.3) is 0 Å². The van der Waals surface area contributed by atoms with Crippen molar-refractivity contribution in [2.24, 2.45) is 5.41 Å². The van der Waals surface area contributed by atoms with Gasteiger partial charge in [0, 0.05) is 12.2 Å². The molecule has 2 heteroatoms. The summed E-state index contributed by atoms with van der Waals surface area (Å²) >= 11 is 0. The summed E-state index contributed by atoms with van der Waals surface area (Å²) in [6, 6.07) is 0. The van der Waals surface area contributed by atoms with Crippen molar-refractivity contribution in [2.45, 2.75) is 40.5 Å². The summed E-state index contributed by atoms with van der Waals surface area (Å²) in [6.45, 7) is 13.5. The number of hydrazine groups is 1. The van der Waals surface area contributed by atoms with Gasteiger partial charge in [0.15, 0.2) is 0 Å². The summed E-state index contributed by atoms with van der Waals surface area (Å²) in [7, 11) is 0. The lowest BCUT2D eigenvalue weighted by molar-refractivity contribution is 0.310. The Morgan fingerprint density at radius 2 is 2.00 bits per heavy atom. The second-order valence-electron chi connectivity index (χ2n) is 4.10. The van der Waals surface area contributed by atoms with Crippen LogP contribution in [0.25, 0.3) is 0 Å². The molecule has 2 N–H and O–H groups in total. The lowest BCUT2D eigenvalue weighted by Gasteiger charge is -2.22. The van der Waals surface area contributed by atoms with Crippen LogP contribution in [-0.4, -0.2) is 6.54 Å². The van der Waals surface area contributed by atoms with Crippen molar-refractivity contribution >= 4 is 0 Å². The highest BCUT2D eigenvalue weighted by Gasteiger charge is 2.13. The Labute approximate surface area is 76.4 Å². The van der Waals surface area contributed by atoms with Gasteiger partial charge < -0.3 is 5.43 Å². The fraction of sp³-hybridized carbons (Fsp3) is 0.800. The van der Waals surface area contributed by atoms with E-state index < -0.39 is 0 Å². The van der Waals surface area contributed by atoms with Crippen LogP contribution in [0.1, 0.15) is 40.5 Å². The molecule has 0 unspecified atom stereocenters. The van der Waals surface area contributed by atoms with Crippen molar-refractivity contribution < 1.29 is 0 Å². The van der Waals surface area contributed by atoms with Crippen LogP contribution in [0, 0.1) is 5.41 Å². The molecule has 2 nitrogen and oxygen atoms in total. The van der Waals surface area contributed by atoms with Gasteiger partial charge in [-0.2, -0.15) is 0 Å². The monoisotopic (exact) mass is 170 g/mol. The fourth-order valence-electron chi connectivity index (χ4n) is 0.791. The first-order valence-electron chi connectivity index (χ1n) is 4.62. The Hall–Kier alpha value is -0.500. The molecule has 12 heavy (non-hydrogen) atoms. The molecule has 0 radical (unpaired) electrons. The average Bonchev–Trinajstić information content (AvgIpc) is 1.98. The van der Waals surface area contributed by atoms with Crippen LogP contribution in [-0.2, 0) is 0 Å². The zero-order chi connectivity index (χ0) is 9.61. The summed E-state index contributed by atoms with van der Waals surface area (Å²) in [6.07, 6.45) is 2.41. The van der Waals surface area contributed by atoms with Crippen molar-refractivity contribution in [3.63, 3.8) is 0 Å². The number of hydrogen-bond donors (Lipinski definition) is 2. The molecule has 0 heterocycles. The van der Waals surface area contributed by atoms with Crippen molar-refractivity contribution in [1.82, 2.24) is 10.9 Å². The summed E-state index contributed by atoms with van der Waals surface area (Å²) in [5.74, 6) is 0. The Balaban J connectivity index is 3.37. The van der Waals surface area contributed by atoms with E-state index in [-0.39, 0.29) is 0 Å². The maximum absolute atomic E-state index is 3.74. The van der Waals surface area contributed by atoms with Gasteiger partial charge in [0.1, 0.15) is 0 Å². The minimum atomic E-state index is 0.448. The summed E-state index contributed by atoms with van der Waals surface area (Å²) in [5.41, 5.74) is 7.53. The second kappa shape index (κ2) is 5.20. The normalized spacial score (nSPS) is 11.3. The minimum Gasteiger partial charge on any atom is -0.326 e. The molecule has 0 fully saturated rings. The fourth-order valence-corrected chi connectivity index (χ4v) is 0.791. The van der Waals surface area contributed by atoms with Crippen molar-refractivity contribution in [1.29, 1.82) is 0 Å². The summed E-state index contributed by atoms with van der Waals surface area (Å²) in [4.78, 5) is 0. The van der Waals surface area contributed by atoms with E-state index in [1.54, 1.807) is 0 Å². The van der Waals surface area contributed by atoms with Gasteiger partial charge in [0.05, 0.1) is 0 Å². The predicted octanol–water partition coefficient (Wildman–Crippen LogP) is 2.44. The molecule has 0 aromatic carbocycles. The largest absolute Gasteiger partial charge is 0.326 e. The van der Waals surface area contributed by atoms with Crippen LogP contribution in [0.4, 0.5) is 0 Å². The molecule has 0 saturated heterocycles. The molecule has 0 aliphatic heterocycles. The molecule has 0 atom stereocenters. The van der Waals surface area contributed by atoms with Gasteiger partial charge in [-0.1, -0.05) is 33.8 Å². The van der Waals surface area contributed by atoms with Gasteiger partial charge in [-0.15, -0.1) is 0 Å². The maximum atomic E-state index is 3.74. The van der Waals surface area contributed by atoms with Crippen LogP contribution >= 0.6 is 0 Å². The highest BCUT2D eigenvalue weighted by atomic mass is 15.3. The third kappa shape index (κ3) is 6.23. The molecule has 0 rings (SSSR count). The van der Waals surface area contributed by atoms with Gasteiger partial charge in [0.2, 0.25) is 0 Å². The predicted molar refractivity (Wildman–Crippen MR) is 54.6 cm³/mol. The molecule has 0 aromatic rings. The zero-order valence-electron chi connectivity index (χ0n) is 8.83. The Kier molecular flexibility index (Phi) is 4.98. The van der Waals surface area contributed by atoms with Crippen LogP contribution in [0.3, 0.4) is 0 Å². The number of nitrogens with one attached hydrogen (secondary N) is 2. The number of hydrogen-bond acceptors (Lipinski definition) is 2. The summed E-state index contributed by atoms with van der Waals surface area (Å²) in [5, 5.41) is 0. The van der Waals surface area contributed by atoms with Crippen LogP contribution in [0.2, 0.25) is 0 Å². The SMILES string of the molecule is C=C(C)NNCCC(C)(C)CC. The molecular formula is C10H22N2. The molecule has 0 amide bonds. The number of rotatable bonds is 6. The van der Waals surface area contributed by atoms with E-state index in [4.69, 9.17) is 0 Å². The first-order valence-corrected chi connectivity index (χ1v) is 4.62. The van der Waals surface area contributed by atoms with Crippen LogP contribution < -0.4 is 10.9 Å². The standard InChI is InChI=1S/C10H22N2/c1-6-10(4,5)7-8-11-12-9(2)3/h11-12H,2,6-8H2,1,3-5H3. The molecule has 0 aliphatic rings. The van der Waals surface area contributed by atoms with Crippen LogP contribution in [0.5, 0.6) is 0 Å². The van der Waals surface area contributed by atoms with Crippen LogP contribution in [0.15, 0.2) is 12.3 Å². The van der Waals surface area contributed by atoms with Gasteiger partial charge in [-0.3, -0.25) is 0 Å². The first-order chi connectivity index (χ1) is 5.48. The lowest BCUT2D eigenvalue weighted by atomic mass is 9.87. The molecular weight excluding hydrogens is 148 g/mol. The van der Waals surface area contributed by atoms with Crippen molar-refractivity contribution in [2.75, 3.05) is 6.54 Å². The zero-order valence-corrected chi connectivity index (χ0v) is 8.83. The highest BCUT2D eigenvalue weighted by molar-refractivity contribution is 4.81. The lowest BCUT2D eigenvalue weighted by Crippen LogP contribution is -2.32. The van der Waals surface area contributed by atoms with Gasteiger partial charge in [-0.25, -0.2) is 5.43 Å². The highest BCUT2D eigenvalue weighted by Crippen LogP contribution is 2.23. The first kappa shape index (κ1) is 11.5. The van der Waals surface area contributed by atoms with E-state index in [0.29, 0.717) is 5.41 Å². The van der Waals surface area contributed by atoms with E-state index in [1.807, 2.05) is 6.92 Å². The quantitative estimate of drug-likeness (QED) is 0.472. The summed E-state index contributed by atoms with van der Waals surface area (Å²) < 4.78 is 0. The Bertz CT molecular complexity index is 139. The van der Waals surface area contributed by atoms with Crippen molar-refractivity contribution in [3.8, 4) is 0 Å². The molecule has 0 aromatic heterocycles. The average molecular weight is 170 g/mol. The van der Waals surface area contributed by atoms with Crippen molar-refractivity contribution in [3.05, 3.63) is 12.3 Å². The van der Waals surface area contributed by atoms with E-state index in [0.717, 1.165) is 12.2 Å². The molecule has 0 spiro atoms. The van der Waals surface area contributed by atoms with E-state index in [9.17, 15) is 0 Å². The molecule has 72 valence electrons. The van der Waals surface area contributed by atoms with E-state index >= 15 is 0 Å². The third-order valence-electron chi connectivity index (χ3n) is 2.19. The molecule has 0 saturated carbocycles. The Morgan fingerprint density at radius 1 is 1.42 bits per heavy atom. The van der Waals surface area contributed by atoms with E-state index in [1.165, 1.54) is 12.8 Å². The second-order valence-corrected chi connectivity index (χ2v) is 4.10. The topological polar surface area (TPSA) is 24.1 Å². The van der Waals surface area contributed by atoms with E-state index in [2.05, 4.69) is 38.2 Å². The smallest absolute Gasteiger partial charge is 0.0159 e. The molecule has 0 aliphatic carbocycles. The Morgan fingerprint density at radius 3 is 2.42 bits per heavy atom. The maximum Gasteiger partial charge on any atom is 0.0159 e. The van der Waals surface area contributed by atoms with Gasteiger partial charge >= 0.3 is 0 Å².